The van der Waals surface area contributed by atoms with Crippen molar-refractivity contribution in [2.24, 2.45) is 5.18 Å². The van der Waals surface area contributed by atoms with Gasteiger partial charge in [0.15, 0.2) is 0 Å². The van der Waals surface area contributed by atoms with Crippen molar-refractivity contribution in [1.82, 2.24) is 0 Å². The standard InChI is InChI=1S/C8H6BrF2NO/c9-4-8(12-13)5-1-6(10)3-7(11)2-5/h1-3,8H,4H2. The summed E-state index contributed by atoms with van der Waals surface area (Å²) in [5.74, 6) is -1.41. The average molecular weight is 250 g/mol. The Hall–Kier alpha value is -0.840. The van der Waals surface area contributed by atoms with Crippen molar-refractivity contribution in [3.05, 3.63) is 40.3 Å². The molecule has 0 aromatic heterocycles. The van der Waals surface area contributed by atoms with Gasteiger partial charge >= 0.3 is 0 Å². The monoisotopic (exact) mass is 249 g/mol. The zero-order valence-corrected chi connectivity index (χ0v) is 8.09. The van der Waals surface area contributed by atoms with Gasteiger partial charge in [0, 0.05) is 11.4 Å². The van der Waals surface area contributed by atoms with Gasteiger partial charge in [0.25, 0.3) is 0 Å². The van der Waals surface area contributed by atoms with E-state index in [2.05, 4.69) is 21.1 Å². The highest BCUT2D eigenvalue weighted by Crippen LogP contribution is 2.21. The van der Waals surface area contributed by atoms with Crippen molar-refractivity contribution in [3.63, 3.8) is 0 Å². The molecule has 0 radical (unpaired) electrons. The van der Waals surface area contributed by atoms with Gasteiger partial charge < -0.3 is 0 Å². The molecule has 0 N–H and O–H groups in total. The van der Waals surface area contributed by atoms with Gasteiger partial charge in [0.2, 0.25) is 0 Å². The minimum absolute atomic E-state index is 0.240. The average Bonchev–Trinajstić information content (AvgIpc) is 2.04. The first kappa shape index (κ1) is 10.2. The van der Waals surface area contributed by atoms with Crippen LogP contribution in [0.5, 0.6) is 0 Å². The molecule has 0 amide bonds. The van der Waals surface area contributed by atoms with Crippen LogP contribution in [0, 0.1) is 16.5 Å². The van der Waals surface area contributed by atoms with Crippen molar-refractivity contribution >= 4 is 15.9 Å². The summed E-state index contributed by atoms with van der Waals surface area (Å²) in [7, 11) is 0. The summed E-state index contributed by atoms with van der Waals surface area (Å²) in [5.41, 5.74) is 0.240. The highest BCUT2D eigenvalue weighted by atomic mass is 79.9. The number of halogens is 3. The fraction of sp³-hybridized carbons (Fsp3) is 0.250. The zero-order valence-electron chi connectivity index (χ0n) is 6.51. The normalized spacial score (nSPS) is 12.5. The van der Waals surface area contributed by atoms with Gasteiger partial charge in [0.05, 0.1) is 0 Å². The number of alkyl halides is 1. The van der Waals surface area contributed by atoms with Crippen LogP contribution in [0.3, 0.4) is 0 Å². The molecule has 0 spiro atoms. The molecule has 70 valence electrons. The molecule has 0 bridgehead atoms. The second-order valence-electron chi connectivity index (χ2n) is 2.48. The van der Waals surface area contributed by atoms with Crippen LogP contribution in [0.2, 0.25) is 0 Å². The molecule has 1 aromatic rings. The highest BCUT2D eigenvalue weighted by molar-refractivity contribution is 9.09. The van der Waals surface area contributed by atoms with Crippen LogP contribution in [0.25, 0.3) is 0 Å². The van der Waals surface area contributed by atoms with Crippen LogP contribution in [0.4, 0.5) is 8.78 Å². The van der Waals surface area contributed by atoms with Gasteiger partial charge in [-0.1, -0.05) is 21.1 Å². The molecular weight excluding hydrogens is 244 g/mol. The summed E-state index contributed by atoms with van der Waals surface area (Å²) < 4.78 is 25.3. The SMILES string of the molecule is O=NC(CBr)c1cc(F)cc(F)c1. The van der Waals surface area contributed by atoms with E-state index in [1.54, 1.807) is 0 Å². The molecule has 0 aliphatic carbocycles. The lowest BCUT2D eigenvalue weighted by Crippen LogP contribution is -1.97. The van der Waals surface area contributed by atoms with Crippen LogP contribution < -0.4 is 0 Å². The number of benzene rings is 1. The third-order valence-electron chi connectivity index (χ3n) is 1.54. The summed E-state index contributed by atoms with van der Waals surface area (Å²) >= 11 is 3.02. The summed E-state index contributed by atoms with van der Waals surface area (Å²) in [6, 6.07) is 2.19. The van der Waals surface area contributed by atoms with Crippen LogP contribution in [-0.4, -0.2) is 5.33 Å². The lowest BCUT2D eigenvalue weighted by molar-refractivity contribution is 0.576. The molecule has 2 nitrogen and oxygen atoms in total. The first-order valence-corrected chi connectivity index (χ1v) is 4.64. The number of hydrogen-bond acceptors (Lipinski definition) is 2. The van der Waals surface area contributed by atoms with Crippen LogP contribution in [0.1, 0.15) is 11.6 Å². The van der Waals surface area contributed by atoms with Gasteiger partial charge in [-0.05, 0) is 17.7 Å². The van der Waals surface area contributed by atoms with Crippen LogP contribution >= 0.6 is 15.9 Å². The van der Waals surface area contributed by atoms with E-state index in [1.165, 1.54) is 0 Å². The Morgan fingerprint density at radius 3 is 2.23 bits per heavy atom. The summed E-state index contributed by atoms with van der Waals surface area (Å²) in [5, 5.41) is 2.98. The highest BCUT2D eigenvalue weighted by Gasteiger charge is 2.12. The number of hydrogen-bond donors (Lipinski definition) is 0. The van der Waals surface area contributed by atoms with Gasteiger partial charge in [-0.15, -0.1) is 0 Å². The van der Waals surface area contributed by atoms with E-state index in [0.29, 0.717) is 0 Å². The van der Waals surface area contributed by atoms with Gasteiger partial charge in [-0.25, -0.2) is 8.78 Å². The lowest BCUT2D eigenvalue weighted by Gasteiger charge is -2.05. The Kier molecular flexibility index (Phi) is 3.48. The zero-order chi connectivity index (χ0) is 9.84. The van der Waals surface area contributed by atoms with Crippen molar-refractivity contribution in [2.75, 3.05) is 5.33 Å². The largest absolute Gasteiger partial charge is 0.207 e. The minimum atomic E-state index is -0.745. The fourth-order valence-corrected chi connectivity index (χ4v) is 1.44. The summed E-state index contributed by atoms with van der Waals surface area (Å²) in [4.78, 5) is 10.2. The Labute approximate surface area is 82.1 Å². The lowest BCUT2D eigenvalue weighted by atomic mass is 10.1. The molecule has 0 saturated carbocycles. The summed E-state index contributed by atoms with van der Waals surface area (Å²) in [6.07, 6.45) is 0. The molecule has 1 rings (SSSR count). The molecule has 1 atom stereocenters. The second-order valence-corrected chi connectivity index (χ2v) is 3.13. The van der Waals surface area contributed by atoms with Crippen molar-refractivity contribution in [3.8, 4) is 0 Å². The topological polar surface area (TPSA) is 29.4 Å². The molecule has 0 saturated heterocycles. The van der Waals surface area contributed by atoms with E-state index in [1.807, 2.05) is 0 Å². The van der Waals surface area contributed by atoms with Crippen LogP contribution in [0.15, 0.2) is 23.4 Å². The predicted octanol–water partition coefficient (Wildman–Crippen LogP) is 3.17. The Morgan fingerprint density at radius 2 is 1.85 bits per heavy atom. The van der Waals surface area contributed by atoms with Gasteiger partial charge in [0.1, 0.15) is 17.7 Å². The Balaban J connectivity index is 3.05. The molecule has 0 aliphatic rings. The third kappa shape index (κ3) is 2.55. The maximum atomic E-state index is 12.7. The van der Waals surface area contributed by atoms with Gasteiger partial charge in [-0.3, -0.25) is 0 Å². The first-order chi connectivity index (χ1) is 6.17. The smallest absolute Gasteiger partial charge is 0.127 e. The minimum Gasteiger partial charge on any atom is -0.207 e. The molecule has 0 fully saturated rings. The molecule has 1 aromatic carbocycles. The van der Waals surface area contributed by atoms with Gasteiger partial charge in [-0.2, -0.15) is 4.91 Å². The molecule has 5 heteroatoms. The van der Waals surface area contributed by atoms with E-state index < -0.39 is 17.7 Å². The molecule has 13 heavy (non-hydrogen) atoms. The van der Waals surface area contributed by atoms with E-state index in [-0.39, 0.29) is 10.9 Å². The van der Waals surface area contributed by atoms with Crippen molar-refractivity contribution in [1.29, 1.82) is 0 Å². The molecule has 1 unspecified atom stereocenters. The maximum Gasteiger partial charge on any atom is 0.127 e. The molecule has 0 heterocycles. The Morgan fingerprint density at radius 1 is 1.31 bits per heavy atom. The van der Waals surface area contributed by atoms with E-state index in [4.69, 9.17) is 0 Å². The Bertz CT molecular complexity index is 299. The molecular formula is C8H6BrF2NO. The predicted molar refractivity (Wildman–Crippen MR) is 48.7 cm³/mol. The number of rotatable bonds is 3. The summed E-state index contributed by atoms with van der Waals surface area (Å²) in [6.45, 7) is 0. The maximum absolute atomic E-state index is 12.7. The first-order valence-electron chi connectivity index (χ1n) is 3.51. The van der Waals surface area contributed by atoms with E-state index in [0.717, 1.165) is 18.2 Å². The fourth-order valence-electron chi connectivity index (χ4n) is 0.946. The number of nitroso groups, excluding NO2 is 1. The van der Waals surface area contributed by atoms with E-state index >= 15 is 0 Å². The second kappa shape index (κ2) is 4.41. The number of nitrogens with zero attached hydrogens (tertiary/aromatic N) is 1. The van der Waals surface area contributed by atoms with Crippen molar-refractivity contribution < 1.29 is 8.78 Å². The van der Waals surface area contributed by atoms with E-state index in [9.17, 15) is 13.7 Å². The quantitative estimate of drug-likeness (QED) is 0.598. The molecule has 0 aliphatic heterocycles. The van der Waals surface area contributed by atoms with Crippen LogP contribution in [-0.2, 0) is 0 Å². The third-order valence-corrected chi connectivity index (χ3v) is 2.16. The van der Waals surface area contributed by atoms with Crippen molar-refractivity contribution in [2.45, 2.75) is 6.04 Å².